The van der Waals surface area contributed by atoms with Crippen molar-refractivity contribution in [1.29, 1.82) is 0 Å². The Morgan fingerprint density at radius 3 is 2.76 bits per heavy atom. The molecule has 1 heterocycles. The summed E-state index contributed by atoms with van der Waals surface area (Å²) in [5, 5.41) is 13.6. The second-order valence-electron chi connectivity index (χ2n) is 3.77. The van der Waals surface area contributed by atoms with Crippen molar-refractivity contribution in [2.75, 3.05) is 5.33 Å². The number of nitrogens with zero attached hydrogens (tertiary/aromatic N) is 4. The summed E-state index contributed by atoms with van der Waals surface area (Å²) in [4.78, 5) is 1.47. The molecule has 0 aliphatic heterocycles. The van der Waals surface area contributed by atoms with Crippen LogP contribution in [0.15, 0.2) is 24.3 Å². The Morgan fingerprint density at radius 1 is 1.41 bits per heavy atom. The third kappa shape index (κ3) is 3.04. The fourth-order valence-corrected chi connectivity index (χ4v) is 2.55. The molecule has 0 aliphatic rings. The highest BCUT2D eigenvalue weighted by Crippen LogP contribution is 2.27. The molecular weight excluding hydrogens is 304 g/mol. The van der Waals surface area contributed by atoms with E-state index in [2.05, 4.69) is 31.3 Å². The lowest BCUT2D eigenvalue weighted by Crippen LogP contribution is -2.07. The average Bonchev–Trinajstić information content (AvgIpc) is 2.73. The van der Waals surface area contributed by atoms with Crippen LogP contribution in [0.1, 0.15) is 17.3 Å². The van der Waals surface area contributed by atoms with Gasteiger partial charge in [-0.15, -0.1) is 10.2 Å². The maximum atomic E-state index is 6.19. The van der Waals surface area contributed by atoms with Gasteiger partial charge in [0, 0.05) is 22.7 Å². The number of halogens is 2. The normalized spacial score (nSPS) is 12.6. The molecule has 0 fully saturated rings. The molecule has 0 radical (unpaired) electrons. The Bertz CT molecular complexity index is 500. The van der Waals surface area contributed by atoms with Crippen molar-refractivity contribution >= 4 is 27.5 Å². The smallest absolute Gasteiger partial charge is 0.167 e. The Balaban J connectivity index is 2.20. The molecule has 1 aromatic carbocycles. The quantitative estimate of drug-likeness (QED) is 0.815. The van der Waals surface area contributed by atoms with Gasteiger partial charge in [-0.25, -0.2) is 0 Å². The third-order valence-corrected chi connectivity index (χ3v) is 3.64. The van der Waals surface area contributed by atoms with Crippen molar-refractivity contribution in [3.8, 4) is 0 Å². The summed E-state index contributed by atoms with van der Waals surface area (Å²) in [6.45, 7) is 0. The van der Waals surface area contributed by atoms with Gasteiger partial charge in [0.15, 0.2) is 5.82 Å². The van der Waals surface area contributed by atoms with Gasteiger partial charge in [0.1, 0.15) is 0 Å². The minimum Gasteiger partial charge on any atom is -0.167 e. The molecular formula is C11H12BrClN4. The van der Waals surface area contributed by atoms with Crippen molar-refractivity contribution in [2.45, 2.75) is 12.3 Å². The second-order valence-corrected chi connectivity index (χ2v) is 4.83. The van der Waals surface area contributed by atoms with Gasteiger partial charge >= 0.3 is 0 Å². The van der Waals surface area contributed by atoms with Crippen LogP contribution < -0.4 is 0 Å². The summed E-state index contributed by atoms with van der Waals surface area (Å²) in [5.41, 5.74) is 1.11. The van der Waals surface area contributed by atoms with Crippen LogP contribution in [-0.2, 0) is 13.5 Å². The highest BCUT2D eigenvalue weighted by Gasteiger charge is 2.16. The monoisotopic (exact) mass is 314 g/mol. The van der Waals surface area contributed by atoms with Crippen LogP contribution in [0.3, 0.4) is 0 Å². The fraction of sp³-hybridized carbons (Fsp3) is 0.364. The molecule has 0 aliphatic carbocycles. The van der Waals surface area contributed by atoms with Gasteiger partial charge in [-0.2, -0.15) is 4.80 Å². The largest absolute Gasteiger partial charge is 0.175 e. The van der Waals surface area contributed by atoms with Crippen LogP contribution in [0.5, 0.6) is 0 Å². The summed E-state index contributed by atoms with van der Waals surface area (Å²) >= 11 is 9.70. The molecule has 0 saturated heterocycles. The number of rotatable bonds is 4. The third-order valence-electron chi connectivity index (χ3n) is 2.51. The molecule has 0 saturated carbocycles. The highest BCUT2D eigenvalue weighted by atomic mass is 79.9. The predicted octanol–water partition coefficient (Wildman–Crippen LogP) is 2.58. The Labute approximate surface area is 113 Å². The molecule has 6 heteroatoms. The van der Waals surface area contributed by atoms with Gasteiger partial charge in [0.05, 0.1) is 7.05 Å². The molecule has 4 nitrogen and oxygen atoms in total. The molecule has 90 valence electrons. The number of hydrogen-bond donors (Lipinski definition) is 0. The van der Waals surface area contributed by atoms with Crippen molar-refractivity contribution in [2.24, 2.45) is 7.05 Å². The number of benzene rings is 1. The minimum absolute atomic E-state index is 0.257. The van der Waals surface area contributed by atoms with E-state index in [9.17, 15) is 0 Å². The Kier molecular flexibility index (Phi) is 4.12. The summed E-state index contributed by atoms with van der Waals surface area (Å²) in [6, 6.07) is 7.85. The van der Waals surface area contributed by atoms with Crippen molar-refractivity contribution in [3.63, 3.8) is 0 Å². The van der Waals surface area contributed by atoms with E-state index in [-0.39, 0.29) is 5.92 Å². The van der Waals surface area contributed by atoms with Crippen LogP contribution in [0.2, 0.25) is 5.02 Å². The SMILES string of the molecule is Cn1nnc(CC(CBr)c2ccccc2Cl)n1. The summed E-state index contributed by atoms with van der Waals surface area (Å²) in [5.74, 6) is 0.991. The van der Waals surface area contributed by atoms with Gasteiger partial charge in [-0.1, -0.05) is 45.7 Å². The van der Waals surface area contributed by atoms with E-state index in [0.717, 1.165) is 28.2 Å². The number of tetrazole rings is 1. The molecule has 0 N–H and O–H groups in total. The zero-order valence-electron chi connectivity index (χ0n) is 9.35. The highest BCUT2D eigenvalue weighted by molar-refractivity contribution is 9.09. The molecule has 0 bridgehead atoms. The molecule has 0 amide bonds. The van der Waals surface area contributed by atoms with E-state index in [1.54, 1.807) is 7.05 Å². The first-order chi connectivity index (χ1) is 8.20. The molecule has 1 aromatic heterocycles. The summed E-state index contributed by atoms with van der Waals surface area (Å²) < 4.78 is 0. The lowest BCUT2D eigenvalue weighted by Gasteiger charge is -2.13. The first-order valence-electron chi connectivity index (χ1n) is 5.24. The molecule has 1 atom stereocenters. The van der Waals surface area contributed by atoms with Crippen LogP contribution in [0.4, 0.5) is 0 Å². The first-order valence-corrected chi connectivity index (χ1v) is 6.74. The first kappa shape index (κ1) is 12.5. The topological polar surface area (TPSA) is 43.6 Å². The number of hydrogen-bond acceptors (Lipinski definition) is 3. The zero-order valence-corrected chi connectivity index (χ0v) is 11.7. The number of aromatic nitrogens is 4. The van der Waals surface area contributed by atoms with E-state index < -0.39 is 0 Å². The summed E-state index contributed by atoms with van der Waals surface area (Å²) in [6.07, 6.45) is 0.725. The maximum Gasteiger partial charge on any atom is 0.175 e. The average molecular weight is 316 g/mol. The standard InChI is InChI=1S/C11H12BrClN4/c1-17-15-11(14-16-17)6-8(7-12)9-4-2-3-5-10(9)13/h2-5,8H,6-7H2,1H3. The van der Waals surface area contributed by atoms with E-state index >= 15 is 0 Å². The second kappa shape index (κ2) is 5.60. The molecule has 17 heavy (non-hydrogen) atoms. The molecule has 2 aromatic rings. The van der Waals surface area contributed by atoms with Crippen molar-refractivity contribution in [1.82, 2.24) is 20.2 Å². The fourth-order valence-electron chi connectivity index (χ4n) is 1.68. The van der Waals surface area contributed by atoms with Crippen LogP contribution in [0.25, 0.3) is 0 Å². The van der Waals surface area contributed by atoms with Crippen LogP contribution in [0, 0.1) is 0 Å². The molecule has 0 spiro atoms. The van der Waals surface area contributed by atoms with E-state index in [4.69, 9.17) is 11.6 Å². The minimum atomic E-state index is 0.257. The van der Waals surface area contributed by atoms with Crippen molar-refractivity contribution < 1.29 is 0 Å². The van der Waals surface area contributed by atoms with Crippen LogP contribution >= 0.6 is 27.5 Å². The van der Waals surface area contributed by atoms with Gasteiger partial charge < -0.3 is 0 Å². The lowest BCUT2D eigenvalue weighted by molar-refractivity contribution is 0.625. The van der Waals surface area contributed by atoms with E-state index in [0.29, 0.717) is 0 Å². The molecule has 2 rings (SSSR count). The Morgan fingerprint density at radius 2 is 2.18 bits per heavy atom. The lowest BCUT2D eigenvalue weighted by atomic mass is 9.97. The van der Waals surface area contributed by atoms with Crippen molar-refractivity contribution in [3.05, 3.63) is 40.7 Å². The van der Waals surface area contributed by atoms with Gasteiger partial charge in [0.25, 0.3) is 0 Å². The molecule has 1 unspecified atom stereocenters. The van der Waals surface area contributed by atoms with E-state index in [1.807, 2.05) is 24.3 Å². The summed E-state index contributed by atoms with van der Waals surface area (Å²) in [7, 11) is 1.76. The van der Waals surface area contributed by atoms with E-state index in [1.165, 1.54) is 4.80 Å². The van der Waals surface area contributed by atoms with Gasteiger partial charge in [-0.05, 0) is 16.8 Å². The predicted molar refractivity (Wildman–Crippen MR) is 70.5 cm³/mol. The number of aryl methyl sites for hydroxylation is 1. The zero-order chi connectivity index (χ0) is 12.3. The van der Waals surface area contributed by atoms with Gasteiger partial charge in [-0.3, -0.25) is 0 Å². The Hall–Kier alpha value is -0.940. The number of alkyl halides is 1. The van der Waals surface area contributed by atoms with Gasteiger partial charge in [0.2, 0.25) is 0 Å². The van der Waals surface area contributed by atoms with Crippen LogP contribution in [-0.4, -0.2) is 25.5 Å². The maximum absolute atomic E-state index is 6.19.